The van der Waals surface area contributed by atoms with Crippen LogP contribution in [0.4, 0.5) is 0 Å². The van der Waals surface area contributed by atoms with Gasteiger partial charge in [0.1, 0.15) is 5.82 Å². The number of aromatic nitrogens is 2. The van der Waals surface area contributed by atoms with Crippen molar-refractivity contribution in [1.29, 1.82) is 0 Å². The van der Waals surface area contributed by atoms with Crippen molar-refractivity contribution in [3.05, 3.63) is 18.2 Å². The van der Waals surface area contributed by atoms with E-state index in [4.69, 9.17) is 0 Å². The van der Waals surface area contributed by atoms with E-state index in [0.29, 0.717) is 6.04 Å². The minimum atomic E-state index is 0.701. The zero-order valence-corrected chi connectivity index (χ0v) is 13.8. The second kappa shape index (κ2) is 7.13. The van der Waals surface area contributed by atoms with Gasteiger partial charge in [-0.15, -0.1) is 0 Å². The summed E-state index contributed by atoms with van der Waals surface area (Å²) < 4.78 is 2.04. The van der Waals surface area contributed by atoms with E-state index in [1.807, 2.05) is 31.1 Å². The Hall–Kier alpha value is -1.56. The Kier molecular flexibility index (Phi) is 4.97. The third kappa shape index (κ3) is 3.43. The van der Waals surface area contributed by atoms with E-state index in [1.165, 1.54) is 38.8 Å². The molecule has 1 N–H and O–H groups in total. The van der Waals surface area contributed by atoms with Crippen molar-refractivity contribution in [1.82, 2.24) is 24.7 Å². The van der Waals surface area contributed by atoms with E-state index < -0.39 is 0 Å². The largest absolute Gasteiger partial charge is 0.349 e. The van der Waals surface area contributed by atoms with Crippen molar-refractivity contribution >= 4 is 5.96 Å². The lowest BCUT2D eigenvalue weighted by Crippen LogP contribution is -2.44. The molecule has 1 aromatic heterocycles. The van der Waals surface area contributed by atoms with Gasteiger partial charge in [-0.25, -0.2) is 4.98 Å². The maximum Gasteiger partial charge on any atom is 0.194 e. The van der Waals surface area contributed by atoms with E-state index >= 15 is 0 Å². The van der Waals surface area contributed by atoms with Gasteiger partial charge in [0, 0.05) is 45.6 Å². The standard InChI is InChI=1S/C16H28N6/c1-17-16(19-12-15-18-7-11-20(15)2)22-10-6-14(13-22)21-8-4-3-5-9-21/h7,11,14H,3-6,8-10,12-13H2,1-2H3,(H,17,19). The summed E-state index contributed by atoms with van der Waals surface area (Å²) in [5, 5.41) is 3.45. The Bertz CT molecular complexity index is 502. The number of rotatable bonds is 3. The van der Waals surface area contributed by atoms with Crippen LogP contribution in [0.5, 0.6) is 0 Å². The maximum absolute atomic E-state index is 4.45. The molecular weight excluding hydrogens is 276 g/mol. The smallest absolute Gasteiger partial charge is 0.194 e. The van der Waals surface area contributed by atoms with Crippen molar-refractivity contribution in [3.8, 4) is 0 Å². The van der Waals surface area contributed by atoms with Crippen molar-refractivity contribution in [2.75, 3.05) is 33.2 Å². The second-order valence-corrected chi connectivity index (χ2v) is 6.34. The molecule has 0 spiro atoms. The van der Waals surface area contributed by atoms with Crippen LogP contribution in [0.2, 0.25) is 0 Å². The van der Waals surface area contributed by atoms with Gasteiger partial charge in [-0.2, -0.15) is 0 Å². The van der Waals surface area contributed by atoms with E-state index in [0.717, 1.165) is 31.4 Å². The predicted molar refractivity (Wildman–Crippen MR) is 88.8 cm³/mol. The lowest BCUT2D eigenvalue weighted by atomic mass is 10.1. The summed E-state index contributed by atoms with van der Waals surface area (Å²) in [6.07, 6.45) is 9.19. The lowest BCUT2D eigenvalue weighted by molar-refractivity contribution is 0.168. The van der Waals surface area contributed by atoms with Gasteiger partial charge in [0.2, 0.25) is 0 Å². The predicted octanol–water partition coefficient (Wildman–Crippen LogP) is 1.06. The number of piperidine rings is 1. The quantitative estimate of drug-likeness (QED) is 0.670. The number of nitrogens with one attached hydrogen (secondary N) is 1. The third-order valence-electron chi connectivity index (χ3n) is 4.91. The van der Waals surface area contributed by atoms with Gasteiger partial charge in [-0.05, 0) is 32.4 Å². The van der Waals surface area contributed by atoms with Gasteiger partial charge in [-0.1, -0.05) is 6.42 Å². The summed E-state index contributed by atoms with van der Waals surface area (Å²) in [5.74, 6) is 2.04. The molecule has 1 atom stereocenters. The zero-order chi connectivity index (χ0) is 15.4. The Balaban J connectivity index is 1.52. The van der Waals surface area contributed by atoms with Gasteiger partial charge in [0.25, 0.3) is 0 Å². The Labute approximate surface area is 133 Å². The minimum absolute atomic E-state index is 0.701. The molecule has 0 amide bonds. The molecule has 2 saturated heterocycles. The van der Waals surface area contributed by atoms with Crippen LogP contribution in [0.3, 0.4) is 0 Å². The molecule has 122 valence electrons. The van der Waals surface area contributed by atoms with Crippen LogP contribution in [0.25, 0.3) is 0 Å². The summed E-state index contributed by atoms with van der Waals surface area (Å²) in [6.45, 7) is 5.47. The Morgan fingerprint density at radius 1 is 1.32 bits per heavy atom. The fourth-order valence-electron chi connectivity index (χ4n) is 3.57. The van der Waals surface area contributed by atoms with Crippen LogP contribution in [-0.2, 0) is 13.6 Å². The first-order valence-electron chi connectivity index (χ1n) is 8.44. The molecule has 2 fully saturated rings. The van der Waals surface area contributed by atoms with E-state index in [1.54, 1.807) is 0 Å². The summed E-state index contributed by atoms with van der Waals surface area (Å²) in [4.78, 5) is 13.9. The molecule has 6 heteroatoms. The molecule has 2 aliphatic rings. The SMILES string of the molecule is CN=C(NCc1nccn1C)N1CCC(N2CCCCC2)C1. The molecule has 1 unspecified atom stereocenters. The highest BCUT2D eigenvalue weighted by atomic mass is 15.3. The highest BCUT2D eigenvalue weighted by Gasteiger charge is 2.29. The van der Waals surface area contributed by atoms with Crippen molar-refractivity contribution in [2.45, 2.75) is 38.3 Å². The molecule has 3 heterocycles. The Morgan fingerprint density at radius 3 is 2.82 bits per heavy atom. The van der Waals surface area contributed by atoms with E-state index in [2.05, 4.69) is 25.1 Å². The fraction of sp³-hybridized carbons (Fsp3) is 0.750. The molecule has 1 aromatic rings. The highest BCUT2D eigenvalue weighted by Crippen LogP contribution is 2.20. The number of likely N-dealkylation sites (tertiary alicyclic amines) is 2. The monoisotopic (exact) mass is 304 g/mol. The first-order valence-corrected chi connectivity index (χ1v) is 8.44. The number of imidazole rings is 1. The van der Waals surface area contributed by atoms with Crippen molar-refractivity contribution < 1.29 is 0 Å². The molecule has 2 aliphatic heterocycles. The number of hydrogen-bond donors (Lipinski definition) is 1. The normalized spacial score (nSPS) is 24.0. The summed E-state index contributed by atoms with van der Waals surface area (Å²) >= 11 is 0. The Morgan fingerprint density at radius 2 is 2.14 bits per heavy atom. The van der Waals surface area contributed by atoms with Gasteiger partial charge in [0.05, 0.1) is 6.54 Å². The third-order valence-corrected chi connectivity index (χ3v) is 4.91. The first-order chi connectivity index (χ1) is 10.8. The number of hydrogen-bond acceptors (Lipinski definition) is 3. The molecular formula is C16H28N6. The minimum Gasteiger partial charge on any atom is -0.349 e. The molecule has 0 aromatic carbocycles. The lowest BCUT2D eigenvalue weighted by Gasteiger charge is -2.32. The number of aliphatic imine (C=N–C) groups is 1. The molecule has 6 nitrogen and oxygen atoms in total. The average molecular weight is 304 g/mol. The van der Waals surface area contributed by atoms with Crippen LogP contribution >= 0.6 is 0 Å². The van der Waals surface area contributed by atoms with Gasteiger partial charge >= 0.3 is 0 Å². The van der Waals surface area contributed by atoms with Crippen LogP contribution in [0, 0.1) is 0 Å². The summed E-state index contributed by atoms with van der Waals surface area (Å²) in [5.41, 5.74) is 0. The van der Waals surface area contributed by atoms with Crippen LogP contribution in [0.1, 0.15) is 31.5 Å². The molecule has 0 radical (unpaired) electrons. The van der Waals surface area contributed by atoms with Crippen LogP contribution < -0.4 is 5.32 Å². The topological polar surface area (TPSA) is 48.7 Å². The molecule has 0 bridgehead atoms. The van der Waals surface area contributed by atoms with Crippen molar-refractivity contribution in [2.24, 2.45) is 12.0 Å². The number of nitrogens with zero attached hydrogens (tertiary/aromatic N) is 5. The maximum atomic E-state index is 4.45. The highest BCUT2D eigenvalue weighted by molar-refractivity contribution is 5.80. The van der Waals surface area contributed by atoms with Gasteiger partial charge in [-0.3, -0.25) is 9.89 Å². The van der Waals surface area contributed by atoms with E-state index in [-0.39, 0.29) is 0 Å². The summed E-state index contributed by atoms with van der Waals surface area (Å²) in [7, 11) is 3.89. The zero-order valence-electron chi connectivity index (χ0n) is 13.8. The van der Waals surface area contributed by atoms with Gasteiger partial charge < -0.3 is 14.8 Å². The van der Waals surface area contributed by atoms with Crippen LogP contribution in [0.15, 0.2) is 17.4 Å². The number of guanidine groups is 1. The van der Waals surface area contributed by atoms with Crippen molar-refractivity contribution in [3.63, 3.8) is 0 Å². The molecule has 0 aliphatic carbocycles. The van der Waals surface area contributed by atoms with Crippen LogP contribution in [-0.4, -0.2) is 64.6 Å². The first kappa shape index (κ1) is 15.3. The molecule has 0 saturated carbocycles. The second-order valence-electron chi connectivity index (χ2n) is 6.34. The average Bonchev–Trinajstić information content (AvgIpc) is 3.19. The molecule has 22 heavy (non-hydrogen) atoms. The van der Waals surface area contributed by atoms with Gasteiger partial charge in [0.15, 0.2) is 5.96 Å². The number of aryl methyl sites for hydroxylation is 1. The molecule has 3 rings (SSSR count). The fourth-order valence-corrected chi connectivity index (χ4v) is 3.57. The summed E-state index contributed by atoms with van der Waals surface area (Å²) in [6, 6.07) is 0.701. The van der Waals surface area contributed by atoms with E-state index in [9.17, 15) is 0 Å².